The SMILES string of the molecule is CCCCCCCCCCCCCCCCCCCCCC(=O)O[C@H](COC(=O)CCCCCCCCCCCCCCCCCC)COP(=O)(O)OC[C@@H](O)COP(=O)(O)OC[C@@H](COC(=O)CCCCCCCCCCCCCCC)OC(=O)CCCCCCCCCCCCCCC. The molecule has 0 bridgehead atoms. The van der Waals surface area contributed by atoms with Gasteiger partial charge in [-0.1, -0.05) is 394 Å². The number of phosphoric acid groups is 2. The van der Waals surface area contributed by atoms with Gasteiger partial charge in [-0.2, -0.15) is 0 Å². The number of unbranched alkanes of at least 4 members (excludes halogenated alkanes) is 57. The Morgan fingerprint density at radius 3 is 0.584 bits per heavy atom. The Morgan fingerprint density at radius 2 is 0.396 bits per heavy atom. The van der Waals surface area contributed by atoms with Crippen LogP contribution in [0.3, 0.4) is 0 Å². The van der Waals surface area contributed by atoms with Crippen LogP contribution in [0.15, 0.2) is 0 Å². The first-order valence-electron chi connectivity index (χ1n) is 42.8. The lowest BCUT2D eigenvalue weighted by Crippen LogP contribution is -2.30. The van der Waals surface area contributed by atoms with E-state index in [-0.39, 0.29) is 25.7 Å². The Balaban J connectivity index is 5.25. The first-order valence-corrected chi connectivity index (χ1v) is 45.8. The predicted octanol–water partition coefficient (Wildman–Crippen LogP) is 25.0. The molecule has 2 unspecified atom stereocenters. The van der Waals surface area contributed by atoms with E-state index >= 15 is 0 Å². The second-order valence-electron chi connectivity index (χ2n) is 29.5. The fourth-order valence-corrected chi connectivity index (χ4v) is 14.4. The number of carbonyl (C=O) groups excluding carboxylic acids is 4. The van der Waals surface area contributed by atoms with E-state index in [2.05, 4.69) is 27.7 Å². The van der Waals surface area contributed by atoms with Crippen LogP contribution in [0.1, 0.15) is 445 Å². The summed E-state index contributed by atoms with van der Waals surface area (Å²) in [7, 11) is -9.92. The van der Waals surface area contributed by atoms with Crippen molar-refractivity contribution in [2.75, 3.05) is 39.6 Å². The number of ether oxygens (including phenoxy) is 4. The maximum Gasteiger partial charge on any atom is 0.472 e. The molecule has 0 heterocycles. The molecule has 3 N–H and O–H groups in total. The third-order valence-electron chi connectivity index (χ3n) is 19.4. The molecule has 0 radical (unpaired) electrons. The number of hydrogen-bond acceptors (Lipinski definition) is 15. The molecule has 0 aromatic heterocycles. The molecule has 0 aromatic rings. The van der Waals surface area contributed by atoms with E-state index in [4.69, 9.17) is 37.0 Å². The summed E-state index contributed by atoms with van der Waals surface area (Å²) in [5.74, 6) is -2.10. The molecular formula is C82H160O17P2. The molecule has 19 heteroatoms. The minimum atomic E-state index is -4.96. The smallest absolute Gasteiger partial charge is 0.462 e. The van der Waals surface area contributed by atoms with Crippen LogP contribution in [0.4, 0.5) is 0 Å². The van der Waals surface area contributed by atoms with E-state index in [0.717, 1.165) is 89.9 Å². The third-order valence-corrected chi connectivity index (χ3v) is 21.3. The standard InChI is InChI=1S/C82H160O17P2/c1-5-9-13-17-21-25-29-33-35-37-38-39-41-45-49-53-57-61-65-69-82(87)99-78(73-93-80(85)67-63-59-55-51-47-44-40-36-34-30-26-22-18-14-10-6-2)75-97-101(90,91)95-71-76(83)70-94-100(88,89)96-74-77(98-81(86)68-64-60-56-52-48-43-32-28-24-20-16-12-8-4)72-92-79(84)66-62-58-54-50-46-42-31-27-23-19-15-11-7-3/h76-78,83H,5-75H2,1-4H3,(H,88,89)(H,90,91)/t76-,77+,78+/m0/s1. The Morgan fingerprint density at radius 1 is 0.238 bits per heavy atom. The van der Waals surface area contributed by atoms with Gasteiger partial charge < -0.3 is 33.8 Å². The van der Waals surface area contributed by atoms with Gasteiger partial charge in [-0.05, 0) is 25.7 Å². The average Bonchev–Trinajstić information content (AvgIpc) is 0.974. The second kappa shape index (κ2) is 76.3. The van der Waals surface area contributed by atoms with Crippen molar-refractivity contribution in [1.82, 2.24) is 0 Å². The average molecular weight is 1480 g/mol. The summed E-state index contributed by atoms with van der Waals surface area (Å²) in [5.41, 5.74) is 0. The molecule has 0 rings (SSSR count). The summed E-state index contributed by atoms with van der Waals surface area (Å²) in [5, 5.41) is 10.7. The van der Waals surface area contributed by atoms with Crippen LogP contribution in [-0.4, -0.2) is 96.7 Å². The zero-order valence-electron chi connectivity index (χ0n) is 65.9. The Hall–Kier alpha value is -1.94. The van der Waals surface area contributed by atoms with Crippen LogP contribution in [-0.2, 0) is 65.4 Å². The molecule has 0 aliphatic carbocycles. The highest BCUT2D eigenvalue weighted by molar-refractivity contribution is 7.47. The lowest BCUT2D eigenvalue weighted by Gasteiger charge is -2.21. The van der Waals surface area contributed by atoms with Crippen molar-refractivity contribution in [3.8, 4) is 0 Å². The van der Waals surface area contributed by atoms with Crippen molar-refractivity contribution in [3.63, 3.8) is 0 Å². The van der Waals surface area contributed by atoms with Gasteiger partial charge in [-0.15, -0.1) is 0 Å². The molecule has 0 aliphatic rings. The third kappa shape index (κ3) is 76.1. The number of esters is 4. The van der Waals surface area contributed by atoms with Gasteiger partial charge in [-0.3, -0.25) is 37.3 Å². The molecule has 0 spiro atoms. The van der Waals surface area contributed by atoms with Crippen LogP contribution in [0.5, 0.6) is 0 Å². The van der Waals surface area contributed by atoms with Gasteiger partial charge in [0.2, 0.25) is 0 Å². The highest BCUT2D eigenvalue weighted by Gasteiger charge is 2.30. The van der Waals surface area contributed by atoms with Gasteiger partial charge in [-0.25, -0.2) is 9.13 Å². The number of aliphatic hydroxyl groups is 1. The first-order chi connectivity index (χ1) is 49.2. The molecule has 5 atom stereocenters. The molecule has 600 valence electrons. The van der Waals surface area contributed by atoms with Gasteiger partial charge >= 0.3 is 39.5 Å². The first kappa shape index (κ1) is 99.1. The van der Waals surface area contributed by atoms with Crippen molar-refractivity contribution in [2.45, 2.75) is 463 Å². The minimum Gasteiger partial charge on any atom is -0.462 e. The molecule has 0 saturated heterocycles. The van der Waals surface area contributed by atoms with E-state index < -0.39 is 97.5 Å². The highest BCUT2D eigenvalue weighted by atomic mass is 31.2. The van der Waals surface area contributed by atoms with Crippen molar-refractivity contribution in [2.24, 2.45) is 0 Å². The number of aliphatic hydroxyl groups excluding tert-OH is 1. The van der Waals surface area contributed by atoms with Crippen LogP contribution in [0.25, 0.3) is 0 Å². The molecule has 0 amide bonds. The minimum absolute atomic E-state index is 0.109. The van der Waals surface area contributed by atoms with Gasteiger partial charge in [0.05, 0.1) is 26.4 Å². The largest absolute Gasteiger partial charge is 0.472 e. The molecule has 101 heavy (non-hydrogen) atoms. The van der Waals surface area contributed by atoms with Crippen LogP contribution in [0.2, 0.25) is 0 Å². The topological polar surface area (TPSA) is 237 Å². The molecule has 0 saturated carbocycles. The van der Waals surface area contributed by atoms with Gasteiger partial charge in [0.1, 0.15) is 19.3 Å². The molecule has 0 aliphatic heterocycles. The van der Waals surface area contributed by atoms with E-state index in [1.54, 1.807) is 0 Å². The fraction of sp³-hybridized carbons (Fsp3) is 0.951. The zero-order chi connectivity index (χ0) is 73.9. The summed E-state index contributed by atoms with van der Waals surface area (Å²) in [6.45, 7) is 5.04. The Labute approximate surface area is 619 Å². The van der Waals surface area contributed by atoms with Gasteiger partial charge in [0.25, 0.3) is 0 Å². The Bertz CT molecular complexity index is 1910. The maximum absolute atomic E-state index is 13.1. The highest BCUT2D eigenvalue weighted by Crippen LogP contribution is 2.45. The number of hydrogen-bond donors (Lipinski definition) is 3. The summed E-state index contributed by atoms with van der Waals surface area (Å²) in [4.78, 5) is 73.1. The van der Waals surface area contributed by atoms with E-state index in [1.807, 2.05) is 0 Å². The molecule has 17 nitrogen and oxygen atoms in total. The quantitative estimate of drug-likeness (QED) is 0.0222. The van der Waals surface area contributed by atoms with Crippen LogP contribution >= 0.6 is 15.6 Å². The van der Waals surface area contributed by atoms with Crippen LogP contribution in [0, 0.1) is 0 Å². The van der Waals surface area contributed by atoms with Gasteiger partial charge in [0, 0.05) is 25.7 Å². The van der Waals surface area contributed by atoms with Gasteiger partial charge in [0.15, 0.2) is 12.2 Å². The zero-order valence-corrected chi connectivity index (χ0v) is 67.7. The Kier molecular flexibility index (Phi) is 74.8. The van der Waals surface area contributed by atoms with E-state index in [9.17, 15) is 43.2 Å². The van der Waals surface area contributed by atoms with E-state index in [1.165, 1.54) is 276 Å². The summed E-state index contributed by atoms with van der Waals surface area (Å²) >= 11 is 0. The summed E-state index contributed by atoms with van der Waals surface area (Å²) < 4.78 is 68.8. The van der Waals surface area contributed by atoms with Crippen molar-refractivity contribution in [1.29, 1.82) is 0 Å². The monoisotopic (exact) mass is 1480 g/mol. The number of rotatable bonds is 83. The molecule has 0 fully saturated rings. The van der Waals surface area contributed by atoms with Crippen molar-refractivity contribution >= 4 is 39.5 Å². The lowest BCUT2D eigenvalue weighted by molar-refractivity contribution is -0.161. The lowest BCUT2D eigenvalue weighted by atomic mass is 10.0. The molecular weight excluding hydrogens is 1320 g/mol. The van der Waals surface area contributed by atoms with Crippen molar-refractivity contribution < 1.29 is 80.2 Å². The predicted molar refractivity (Wildman–Crippen MR) is 414 cm³/mol. The van der Waals surface area contributed by atoms with Crippen molar-refractivity contribution in [3.05, 3.63) is 0 Å². The molecule has 0 aromatic carbocycles. The van der Waals surface area contributed by atoms with Crippen LogP contribution < -0.4 is 0 Å². The summed E-state index contributed by atoms with van der Waals surface area (Å²) in [6, 6.07) is 0. The maximum atomic E-state index is 13.1. The second-order valence-corrected chi connectivity index (χ2v) is 32.4. The number of phosphoric ester groups is 2. The van der Waals surface area contributed by atoms with E-state index in [0.29, 0.717) is 25.7 Å². The number of carbonyl (C=O) groups is 4. The fourth-order valence-electron chi connectivity index (χ4n) is 12.8. The normalized spacial score (nSPS) is 13.8. The summed E-state index contributed by atoms with van der Waals surface area (Å²) in [6.07, 6.45) is 69.2.